The molecular formula is C22H19FO2. The fraction of sp³-hybridized carbons (Fsp3) is 0.136. The number of rotatable bonds is 6. The van der Waals surface area contributed by atoms with E-state index in [-0.39, 0.29) is 11.8 Å². The third kappa shape index (κ3) is 5.01. The van der Waals surface area contributed by atoms with Crippen molar-refractivity contribution in [3.63, 3.8) is 0 Å². The van der Waals surface area contributed by atoms with Crippen LogP contribution in [0.25, 0.3) is 11.1 Å². The topological polar surface area (TPSA) is 26.3 Å². The summed E-state index contributed by atoms with van der Waals surface area (Å²) >= 11 is 0. The Morgan fingerprint density at radius 2 is 1.36 bits per heavy atom. The van der Waals surface area contributed by atoms with E-state index in [0.29, 0.717) is 19.4 Å². The molecule has 126 valence electrons. The number of esters is 1. The molecule has 0 radical (unpaired) electrons. The Morgan fingerprint density at radius 3 is 2.00 bits per heavy atom. The third-order valence-corrected chi connectivity index (χ3v) is 3.99. The second kappa shape index (κ2) is 8.25. The van der Waals surface area contributed by atoms with Crippen LogP contribution < -0.4 is 0 Å². The summed E-state index contributed by atoms with van der Waals surface area (Å²) in [6.45, 7) is 0.309. The molecule has 3 heteroatoms. The van der Waals surface area contributed by atoms with Gasteiger partial charge in [0.1, 0.15) is 12.4 Å². The Morgan fingerprint density at radius 1 is 0.760 bits per heavy atom. The van der Waals surface area contributed by atoms with Crippen molar-refractivity contribution in [1.82, 2.24) is 0 Å². The van der Waals surface area contributed by atoms with Crippen molar-refractivity contribution >= 4 is 5.97 Å². The van der Waals surface area contributed by atoms with Crippen molar-refractivity contribution < 1.29 is 13.9 Å². The first kappa shape index (κ1) is 16.9. The van der Waals surface area contributed by atoms with Crippen LogP contribution in [0, 0.1) is 5.82 Å². The van der Waals surface area contributed by atoms with E-state index in [4.69, 9.17) is 4.74 Å². The Bertz CT molecular complexity index is 809. The lowest BCUT2D eigenvalue weighted by molar-refractivity contribution is -0.144. The number of carbonyl (C=O) groups excluding carboxylic acids is 1. The maximum Gasteiger partial charge on any atom is 0.306 e. The van der Waals surface area contributed by atoms with Crippen molar-refractivity contribution in [3.8, 4) is 11.1 Å². The molecule has 0 atom stereocenters. The molecule has 0 bridgehead atoms. The second-order valence-corrected chi connectivity index (χ2v) is 5.85. The Labute approximate surface area is 146 Å². The van der Waals surface area contributed by atoms with Crippen LogP contribution in [0.15, 0.2) is 78.9 Å². The molecule has 0 fully saturated rings. The van der Waals surface area contributed by atoms with Crippen molar-refractivity contribution in [1.29, 1.82) is 0 Å². The molecule has 0 aromatic heterocycles. The number of hydrogen-bond acceptors (Lipinski definition) is 2. The van der Waals surface area contributed by atoms with E-state index in [9.17, 15) is 9.18 Å². The zero-order valence-corrected chi connectivity index (χ0v) is 13.8. The van der Waals surface area contributed by atoms with Crippen LogP contribution in [0.3, 0.4) is 0 Å². The molecule has 0 saturated carbocycles. The third-order valence-electron chi connectivity index (χ3n) is 3.99. The van der Waals surface area contributed by atoms with Gasteiger partial charge in [0.2, 0.25) is 0 Å². The predicted octanol–water partition coefficient (Wildman–Crippen LogP) is 5.17. The molecule has 0 aliphatic heterocycles. The van der Waals surface area contributed by atoms with Crippen molar-refractivity contribution in [2.75, 3.05) is 0 Å². The molecular weight excluding hydrogens is 315 g/mol. The highest BCUT2D eigenvalue weighted by Gasteiger charge is 2.05. The van der Waals surface area contributed by atoms with Crippen molar-refractivity contribution in [2.45, 2.75) is 19.4 Å². The van der Waals surface area contributed by atoms with Gasteiger partial charge < -0.3 is 4.74 Å². The molecule has 0 aliphatic carbocycles. The van der Waals surface area contributed by atoms with Gasteiger partial charge in [-0.05, 0) is 40.8 Å². The Kier molecular flexibility index (Phi) is 5.57. The van der Waals surface area contributed by atoms with E-state index in [2.05, 4.69) is 0 Å². The summed E-state index contributed by atoms with van der Waals surface area (Å²) in [5, 5.41) is 0. The molecule has 3 aromatic rings. The van der Waals surface area contributed by atoms with Gasteiger partial charge in [0.05, 0.1) is 0 Å². The van der Waals surface area contributed by atoms with Crippen LogP contribution in [0.1, 0.15) is 17.5 Å². The van der Waals surface area contributed by atoms with Crippen LogP contribution in [0.4, 0.5) is 4.39 Å². The van der Waals surface area contributed by atoms with Crippen molar-refractivity contribution in [2.24, 2.45) is 0 Å². The average molecular weight is 334 g/mol. The van der Waals surface area contributed by atoms with E-state index in [0.717, 1.165) is 22.3 Å². The Hall–Kier alpha value is -2.94. The van der Waals surface area contributed by atoms with Gasteiger partial charge in [0.15, 0.2) is 0 Å². The van der Waals surface area contributed by atoms with Crippen LogP contribution in [0.2, 0.25) is 0 Å². The SMILES string of the molecule is O=C(CCc1ccc(-c2ccc(F)cc2)cc1)OCc1ccccc1. The normalized spacial score (nSPS) is 10.4. The molecule has 0 unspecified atom stereocenters. The number of hydrogen-bond donors (Lipinski definition) is 0. The zero-order valence-electron chi connectivity index (χ0n) is 13.8. The summed E-state index contributed by atoms with van der Waals surface area (Å²) in [5.41, 5.74) is 4.05. The number of halogens is 1. The van der Waals surface area contributed by atoms with Gasteiger partial charge >= 0.3 is 5.97 Å². The molecule has 25 heavy (non-hydrogen) atoms. The molecule has 2 nitrogen and oxygen atoms in total. The molecule has 0 saturated heterocycles. The second-order valence-electron chi connectivity index (χ2n) is 5.85. The van der Waals surface area contributed by atoms with E-state index >= 15 is 0 Å². The largest absolute Gasteiger partial charge is 0.461 e. The lowest BCUT2D eigenvalue weighted by Crippen LogP contribution is -2.05. The van der Waals surface area contributed by atoms with E-state index in [1.165, 1.54) is 12.1 Å². The maximum absolute atomic E-state index is 13.0. The van der Waals surface area contributed by atoms with E-state index < -0.39 is 0 Å². The van der Waals surface area contributed by atoms with Gasteiger partial charge in [-0.1, -0.05) is 66.7 Å². The van der Waals surface area contributed by atoms with Crippen molar-refractivity contribution in [3.05, 3.63) is 95.8 Å². The summed E-state index contributed by atoms with van der Waals surface area (Å²) in [7, 11) is 0. The quantitative estimate of drug-likeness (QED) is 0.581. The standard InChI is InChI=1S/C22H19FO2/c23-21-13-11-20(12-14-21)19-9-6-17(7-10-19)8-15-22(24)25-16-18-4-2-1-3-5-18/h1-7,9-14H,8,15-16H2. The fourth-order valence-electron chi connectivity index (χ4n) is 2.56. The summed E-state index contributed by atoms with van der Waals surface area (Å²) in [5.74, 6) is -0.444. The van der Waals surface area contributed by atoms with Gasteiger partial charge in [-0.2, -0.15) is 0 Å². The summed E-state index contributed by atoms with van der Waals surface area (Å²) < 4.78 is 18.2. The van der Waals surface area contributed by atoms with Crippen LogP contribution in [-0.2, 0) is 22.6 Å². The summed E-state index contributed by atoms with van der Waals surface area (Å²) in [6, 6.07) is 24.0. The minimum Gasteiger partial charge on any atom is -0.461 e. The van der Waals surface area contributed by atoms with Gasteiger partial charge in [-0.3, -0.25) is 4.79 Å². The molecule has 0 N–H and O–H groups in total. The van der Waals surface area contributed by atoms with Gasteiger partial charge in [-0.25, -0.2) is 4.39 Å². The molecule has 0 heterocycles. The first-order chi connectivity index (χ1) is 12.2. The number of aryl methyl sites for hydroxylation is 1. The average Bonchev–Trinajstić information content (AvgIpc) is 2.67. The Balaban J connectivity index is 1.50. The first-order valence-corrected chi connectivity index (χ1v) is 8.25. The highest BCUT2D eigenvalue weighted by atomic mass is 19.1. The highest BCUT2D eigenvalue weighted by Crippen LogP contribution is 2.20. The molecule has 0 amide bonds. The lowest BCUT2D eigenvalue weighted by Gasteiger charge is -2.06. The number of carbonyl (C=O) groups is 1. The monoisotopic (exact) mass is 334 g/mol. The van der Waals surface area contributed by atoms with Crippen LogP contribution >= 0.6 is 0 Å². The molecule has 0 aliphatic rings. The highest BCUT2D eigenvalue weighted by molar-refractivity contribution is 5.70. The zero-order chi connectivity index (χ0) is 17.5. The minimum absolute atomic E-state index is 0.202. The van der Waals surface area contributed by atoms with E-state index in [1.807, 2.05) is 54.6 Å². The lowest BCUT2D eigenvalue weighted by atomic mass is 10.0. The first-order valence-electron chi connectivity index (χ1n) is 8.25. The van der Waals surface area contributed by atoms with Crippen LogP contribution in [0.5, 0.6) is 0 Å². The number of ether oxygens (including phenoxy) is 1. The van der Waals surface area contributed by atoms with Crippen LogP contribution in [-0.4, -0.2) is 5.97 Å². The maximum atomic E-state index is 13.0. The van der Waals surface area contributed by atoms with Gasteiger partial charge in [-0.15, -0.1) is 0 Å². The van der Waals surface area contributed by atoms with Gasteiger partial charge in [0, 0.05) is 6.42 Å². The predicted molar refractivity (Wildman–Crippen MR) is 96.4 cm³/mol. The minimum atomic E-state index is -0.241. The molecule has 3 aromatic carbocycles. The van der Waals surface area contributed by atoms with E-state index in [1.54, 1.807) is 12.1 Å². The fourth-order valence-corrected chi connectivity index (χ4v) is 2.56. The van der Waals surface area contributed by atoms with Gasteiger partial charge in [0.25, 0.3) is 0 Å². The summed E-state index contributed by atoms with van der Waals surface area (Å²) in [6.07, 6.45) is 0.986. The molecule has 3 rings (SSSR count). The number of benzene rings is 3. The smallest absolute Gasteiger partial charge is 0.306 e. The summed E-state index contributed by atoms with van der Waals surface area (Å²) in [4.78, 5) is 11.9. The molecule has 0 spiro atoms.